The first-order valence-corrected chi connectivity index (χ1v) is 14.3. The van der Waals surface area contributed by atoms with Crippen molar-refractivity contribution in [2.24, 2.45) is 0 Å². The Labute approximate surface area is 220 Å². The van der Waals surface area contributed by atoms with E-state index in [0.29, 0.717) is 24.3 Å². The fourth-order valence-electron chi connectivity index (χ4n) is 4.96. The first-order valence-electron chi connectivity index (χ1n) is 12.4. The molecule has 2 N–H and O–H groups in total. The number of hydrogen-bond acceptors (Lipinski definition) is 4. The van der Waals surface area contributed by atoms with E-state index in [1.165, 1.54) is 0 Å². The number of nitrogens with one attached hydrogen (secondary N) is 2. The molecule has 4 aromatic rings. The lowest BCUT2D eigenvalue weighted by atomic mass is 9.89. The van der Waals surface area contributed by atoms with Gasteiger partial charge in [-0.1, -0.05) is 12.1 Å². The summed E-state index contributed by atoms with van der Waals surface area (Å²) in [6, 6.07) is 18.3. The van der Waals surface area contributed by atoms with Gasteiger partial charge in [-0.25, -0.2) is 12.8 Å². The Hall–Kier alpha value is -3.98. The number of carbonyl (C=O) groups excluding carboxylic acids is 2. The van der Waals surface area contributed by atoms with Crippen molar-refractivity contribution in [3.05, 3.63) is 94.9 Å². The molecular weight excluding hydrogens is 505 g/mol. The highest BCUT2D eigenvalue weighted by Gasteiger charge is 2.25. The highest BCUT2D eigenvalue weighted by atomic mass is 32.2. The summed E-state index contributed by atoms with van der Waals surface area (Å²) in [7, 11) is -3.57. The normalized spacial score (nSPS) is 14.6. The van der Waals surface area contributed by atoms with E-state index in [9.17, 15) is 22.4 Å². The summed E-state index contributed by atoms with van der Waals surface area (Å²) < 4.78 is 37.7. The Morgan fingerprint density at radius 3 is 2.37 bits per heavy atom. The van der Waals surface area contributed by atoms with Gasteiger partial charge in [0.1, 0.15) is 5.82 Å². The van der Waals surface area contributed by atoms with E-state index in [0.717, 1.165) is 59.5 Å². The summed E-state index contributed by atoms with van der Waals surface area (Å²) in [4.78, 5) is 30.7. The number of sulfone groups is 1. The van der Waals surface area contributed by atoms with Crippen molar-refractivity contribution in [2.45, 2.75) is 30.6 Å². The Morgan fingerprint density at radius 2 is 1.68 bits per heavy atom. The van der Waals surface area contributed by atoms with Gasteiger partial charge in [-0.3, -0.25) is 9.59 Å². The van der Waals surface area contributed by atoms with Crippen LogP contribution < -0.4 is 5.32 Å². The number of anilines is 1. The summed E-state index contributed by atoms with van der Waals surface area (Å²) in [6.45, 7) is 3.30. The largest absolute Gasteiger partial charge is 0.359 e. The number of fused-ring (bicyclic) bond motifs is 1. The minimum absolute atomic E-state index is 0.0365. The summed E-state index contributed by atoms with van der Waals surface area (Å²) in [5, 5.41) is 3.66. The zero-order valence-electron chi connectivity index (χ0n) is 21.1. The molecule has 5 rings (SSSR count). The van der Waals surface area contributed by atoms with Crippen molar-refractivity contribution in [1.82, 2.24) is 9.88 Å². The number of likely N-dealkylation sites (tertiary alicyclic amines) is 1. The molecule has 0 aliphatic carbocycles. The van der Waals surface area contributed by atoms with Crippen LogP contribution in [-0.4, -0.2) is 49.5 Å². The second-order valence-electron chi connectivity index (χ2n) is 9.81. The number of rotatable bonds is 5. The van der Waals surface area contributed by atoms with Crippen LogP contribution >= 0.6 is 0 Å². The van der Waals surface area contributed by atoms with Gasteiger partial charge in [0.25, 0.3) is 11.8 Å². The lowest BCUT2D eigenvalue weighted by Gasteiger charge is -2.32. The molecular formula is C29H28FN3O4S. The van der Waals surface area contributed by atoms with Gasteiger partial charge in [0, 0.05) is 47.2 Å². The van der Waals surface area contributed by atoms with Crippen molar-refractivity contribution in [2.75, 3.05) is 24.7 Å². The Morgan fingerprint density at radius 1 is 0.974 bits per heavy atom. The Kier molecular flexibility index (Phi) is 6.79. The van der Waals surface area contributed by atoms with E-state index in [1.54, 1.807) is 12.1 Å². The van der Waals surface area contributed by atoms with Crippen molar-refractivity contribution >= 4 is 38.2 Å². The molecule has 1 aromatic heterocycles. The van der Waals surface area contributed by atoms with Crippen LogP contribution in [0.1, 0.15) is 50.7 Å². The molecule has 2 heterocycles. The fraction of sp³-hybridized carbons (Fsp3) is 0.241. The predicted octanol–water partition coefficient (Wildman–Crippen LogP) is 5.29. The number of piperidine rings is 1. The Balaban J connectivity index is 1.20. The minimum atomic E-state index is -3.57. The lowest BCUT2D eigenvalue weighted by molar-refractivity contribution is 0.0713. The number of aromatic nitrogens is 1. The molecule has 1 fully saturated rings. The molecule has 2 amide bonds. The Bertz CT molecular complexity index is 1640. The maximum atomic E-state index is 14.2. The van der Waals surface area contributed by atoms with Crippen molar-refractivity contribution < 1.29 is 22.4 Å². The number of nitrogens with zero attached hydrogens (tertiary/aromatic N) is 1. The molecule has 1 saturated heterocycles. The maximum absolute atomic E-state index is 14.2. The van der Waals surface area contributed by atoms with Gasteiger partial charge in [0.15, 0.2) is 9.84 Å². The van der Waals surface area contributed by atoms with Gasteiger partial charge in [-0.05, 0) is 85.8 Å². The van der Waals surface area contributed by atoms with E-state index in [1.807, 2.05) is 48.2 Å². The highest BCUT2D eigenvalue weighted by Crippen LogP contribution is 2.30. The van der Waals surface area contributed by atoms with E-state index in [4.69, 9.17) is 0 Å². The second kappa shape index (κ2) is 10.1. The fourth-order valence-corrected chi connectivity index (χ4v) is 5.60. The first kappa shape index (κ1) is 25.7. The molecule has 0 bridgehead atoms. The molecule has 0 radical (unpaired) electrons. The van der Waals surface area contributed by atoms with E-state index >= 15 is 0 Å². The molecule has 0 unspecified atom stereocenters. The number of halogens is 1. The highest BCUT2D eigenvalue weighted by molar-refractivity contribution is 7.90. The van der Waals surface area contributed by atoms with E-state index in [2.05, 4.69) is 10.3 Å². The molecule has 38 heavy (non-hydrogen) atoms. The number of carbonyl (C=O) groups is 2. The smallest absolute Gasteiger partial charge is 0.258 e. The van der Waals surface area contributed by atoms with Crippen molar-refractivity contribution in [3.8, 4) is 0 Å². The first-order chi connectivity index (χ1) is 18.1. The predicted molar refractivity (Wildman–Crippen MR) is 145 cm³/mol. The third-order valence-corrected chi connectivity index (χ3v) is 8.15. The summed E-state index contributed by atoms with van der Waals surface area (Å²) >= 11 is 0. The van der Waals surface area contributed by atoms with Crippen LogP contribution in [0.4, 0.5) is 10.1 Å². The minimum Gasteiger partial charge on any atom is -0.359 e. The van der Waals surface area contributed by atoms with Crippen LogP contribution in [0, 0.1) is 12.7 Å². The molecule has 1 aliphatic heterocycles. The van der Waals surface area contributed by atoms with Crippen LogP contribution in [0.15, 0.2) is 71.6 Å². The number of amides is 2. The zero-order chi connectivity index (χ0) is 27.0. The van der Waals surface area contributed by atoms with Gasteiger partial charge in [0.05, 0.1) is 10.5 Å². The molecule has 0 atom stereocenters. The quantitative estimate of drug-likeness (QED) is 0.341. The van der Waals surface area contributed by atoms with Gasteiger partial charge >= 0.3 is 0 Å². The zero-order valence-corrected chi connectivity index (χ0v) is 21.9. The topological polar surface area (TPSA) is 99.3 Å². The molecule has 0 spiro atoms. The van der Waals surface area contributed by atoms with Crippen LogP contribution in [0.3, 0.4) is 0 Å². The summed E-state index contributed by atoms with van der Waals surface area (Å²) in [5.74, 6) is -1.20. The van der Waals surface area contributed by atoms with Crippen molar-refractivity contribution in [3.63, 3.8) is 0 Å². The summed E-state index contributed by atoms with van der Waals surface area (Å²) in [5.41, 5.74) is 4.01. The second-order valence-corrected chi connectivity index (χ2v) is 11.8. The van der Waals surface area contributed by atoms with E-state index < -0.39 is 21.6 Å². The van der Waals surface area contributed by atoms with Gasteiger partial charge in [0.2, 0.25) is 0 Å². The third-order valence-electron chi connectivity index (χ3n) is 7.04. The van der Waals surface area contributed by atoms with Gasteiger partial charge < -0.3 is 15.2 Å². The van der Waals surface area contributed by atoms with Crippen molar-refractivity contribution in [1.29, 1.82) is 0 Å². The molecule has 3 aromatic carbocycles. The lowest BCUT2D eigenvalue weighted by Crippen LogP contribution is -2.37. The average molecular weight is 534 g/mol. The number of H-pyrrole nitrogens is 1. The van der Waals surface area contributed by atoms with Gasteiger partial charge in [-0.2, -0.15) is 0 Å². The van der Waals surface area contributed by atoms with Gasteiger partial charge in [-0.15, -0.1) is 0 Å². The number of hydrogen-bond donors (Lipinski definition) is 2. The van der Waals surface area contributed by atoms with Crippen LogP contribution in [0.5, 0.6) is 0 Å². The maximum Gasteiger partial charge on any atom is 0.258 e. The molecule has 196 valence electrons. The molecule has 1 aliphatic rings. The number of benzene rings is 3. The third kappa shape index (κ3) is 5.33. The standard InChI is InChI=1S/C29H28FN3O4S/c1-18-15-22-16-21(5-10-27(22)31-18)29(35)33-13-11-20(12-14-33)19-3-6-23(7-4-19)32-28(34)25-17-24(38(2,36)37)8-9-26(25)30/h3-10,15-17,20,31H,11-14H2,1-2H3,(H,32,34). The molecule has 7 nitrogen and oxygen atoms in total. The average Bonchev–Trinajstić information content (AvgIpc) is 3.27. The SMILES string of the molecule is Cc1cc2cc(C(=O)N3CCC(c4ccc(NC(=O)c5cc(S(C)(=O)=O)ccc5F)cc4)CC3)ccc2[nH]1. The number of aromatic amines is 1. The summed E-state index contributed by atoms with van der Waals surface area (Å²) in [6.07, 6.45) is 2.66. The van der Waals surface area contributed by atoms with E-state index in [-0.39, 0.29) is 22.3 Å². The van der Waals surface area contributed by atoms with Crippen LogP contribution in [0.2, 0.25) is 0 Å². The molecule has 9 heteroatoms. The van der Waals surface area contributed by atoms with Crippen LogP contribution in [0.25, 0.3) is 10.9 Å². The monoisotopic (exact) mass is 533 g/mol. The van der Waals surface area contributed by atoms with Crippen LogP contribution in [-0.2, 0) is 9.84 Å². The number of aryl methyl sites for hydroxylation is 1. The molecule has 0 saturated carbocycles.